The summed E-state index contributed by atoms with van der Waals surface area (Å²) < 4.78 is 0. The Bertz CT molecular complexity index is 695. The fraction of sp³-hybridized carbons (Fsp3) is 0.389. The zero-order chi connectivity index (χ0) is 16.9. The number of carbonyl (C=O) groups excluding carboxylic acids is 1. The summed E-state index contributed by atoms with van der Waals surface area (Å²) in [7, 11) is 0. The average molecular weight is 327 g/mol. The zero-order valence-electron chi connectivity index (χ0n) is 13.4. The van der Waals surface area contributed by atoms with Gasteiger partial charge in [-0.05, 0) is 42.5 Å². The maximum Gasteiger partial charge on any atom is 0.335 e. The van der Waals surface area contributed by atoms with Crippen LogP contribution in [0.2, 0.25) is 0 Å². The molecule has 1 aliphatic rings. The Morgan fingerprint density at radius 1 is 1.29 bits per heavy atom. The summed E-state index contributed by atoms with van der Waals surface area (Å²) in [6.07, 6.45) is 6.81. The number of likely N-dealkylation sites (tertiary alicyclic amines) is 1. The van der Waals surface area contributed by atoms with Crippen LogP contribution in [0.25, 0.3) is 0 Å². The molecule has 1 amide bonds. The fourth-order valence-electron chi connectivity index (χ4n) is 3.17. The van der Waals surface area contributed by atoms with E-state index in [4.69, 9.17) is 5.11 Å². The molecular weight excluding hydrogens is 306 g/mol. The van der Waals surface area contributed by atoms with E-state index < -0.39 is 5.97 Å². The molecule has 1 aromatic heterocycles. The molecule has 0 saturated carbocycles. The second-order valence-electron chi connectivity index (χ2n) is 6.21. The number of hydrogen-bond donors (Lipinski definition) is 2. The van der Waals surface area contributed by atoms with E-state index in [2.05, 4.69) is 10.2 Å². The van der Waals surface area contributed by atoms with Crippen molar-refractivity contribution in [1.82, 2.24) is 15.1 Å². The third-order valence-electron chi connectivity index (χ3n) is 4.58. The number of benzene rings is 1. The van der Waals surface area contributed by atoms with Gasteiger partial charge >= 0.3 is 5.97 Å². The molecule has 126 valence electrons. The molecule has 1 saturated heterocycles. The van der Waals surface area contributed by atoms with Gasteiger partial charge in [0, 0.05) is 31.6 Å². The highest BCUT2D eigenvalue weighted by atomic mass is 16.4. The van der Waals surface area contributed by atoms with Crippen LogP contribution in [0, 0.1) is 0 Å². The summed E-state index contributed by atoms with van der Waals surface area (Å²) in [6, 6.07) is 6.99. The van der Waals surface area contributed by atoms with Crippen LogP contribution in [0.1, 0.15) is 46.7 Å². The molecule has 2 N–H and O–H groups in total. The first kappa shape index (κ1) is 16.2. The molecule has 1 aromatic carbocycles. The molecule has 0 unspecified atom stereocenters. The van der Waals surface area contributed by atoms with Gasteiger partial charge < -0.3 is 10.0 Å². The monoisotopic (exact) mass is 327 g/mol. The number of nitrogens with zero attached hydrogens (tertiary/aromatic N) is 2. The van der Waals surface area contributed by atoms with Crippen LogP contribution < -0.4 is 0 Å². The molecule has 0 radical (unpaired) electrons. The Hall–Kier alpha value is -2.63. The van der Waals surface area contributed by atoms with Gasteiger partial charge in [-0.1, -0.05) is 12.1 Å². The van der Waals surface area contributed by atoms with Gasteiger partial charge in [0.1, 0.15) is 0 Å². The fourth-order valence-corrected chi connectivity index (χ4v) is 3.17. The maximum atomic E-state index is 12.3. The molecule has 1 fully saturated rings. The molecule has 2 aromatic rings. The number of nitrogens with one attached hydrogen (secondary N) is 1. The van der Waals surface area contributed by atoms with Crippen LogP contribution in [0.4, 0.5) is 0 Å². The first-order chi connectivity index (χ1) is 11.6. The summed E-state index contributed by atoms with van der Waals surface area (Å²) in [5, 5.41) is 15.6. The lowest BCUT2D eigenvalue weighted by atomic mass is 9.97. The molecule has 1 atom stereocenters. The number of aryl methyl sites for hydroxylation is 1. The molecular formula is C18H21N3O3. The van der Waals surface area contributed by atoms with Crippen LogP contribution in [0.15, 0.2) is 36.7 Å². The normalized spacial score (nSPS) is 17.2. The van der Waals surface area contributed by atoms with Gasteiger partial charge in [-0.15, -0.1) is 0 Å². The number of aromatic nitrogens is 2. The zero-order valence-corrected chi connectivity index (χ0v) is 13.4. The quantitative estimate of drug-likeness (QED) is 0.853. The van der Waals surface area contributed by atoms with Gasteiger partial charge in [0.25, 0.3) is 0 Å². The second kappa shape index (κ2) is 7.29. The third kappa shape index (κ3) is 3.82. The maximum absolute atomic E-state index is 12.3. The number of carboxylic acids is 1. The summed E-state index contributed by atoms with van der Waals surface area (Å²) in [4.78, 5) is 25.1. The first-order valence-electron chi connectivity index (χ1n) is 8.22. The number of carbonyl (C=O) groups is 2. The molecule has 2 heterocycles. The number of amides is 1. The van der Waals surface area contributed by atoms with Gasteiger partial charge in [-0.2, -0.15) is 5.10 Å². The third-order valence-corrected chi connectivity index (χ3v) is 4.58. The summed E-state index contributed by atoms with van der Waals surface area (Å²) in [5.41, 5.74) is 2.53. The SMILES string of the molecule is O=C(O)c1ccc([C@H]2CCN(C(=O)CCCc3cn[nH]c3)C2)cc1. The highest BCUT2D eigenvalue weighted by Crippen LogP contribution is 2.28. The Balaban J connectivity index is 1.49. The van der Waals surface area contributed by atoms with E-state index in [0.717, 1.165) is 43.5 Å². The minimum Gasteiger partial charge on any atom is -0.478 e. The Labute approximate surface area is 140 Å². The summed E-state index contributed by atoms with van der Waals surface area (Å²) in [6.45, 7) is 1.49. The predicted molar refractivity (Wildman–Crippen MR) is 88.9 cm³/mol. The van der Waals surface area contributed by atoms with Crippen LogP contribution in [-0.4, -0.2) is 45.2 Å². The van der Waals surface area contributed by atoms with Gasteiger partial charge in [0.05, 0.1) is 11.8 Å². The van der Waals surface area contributed by atoms with Crippen LogP contribution in [-0.2, 0) is 11.2 Å². The number of H-pyrrole nitrogens is 1. The van der Waals surface area contributed by atoms with Crippen molar-refractivity contribution in [1.29, 1.82) is 0 Å². The van der Waals surface area contributed by atoms with Crippen molar-refractivity contribution in [3.8, 4) is 0 Å². The Kier molecular flexibility index (Phi) is 4.93. The van der Waals surface area contributed by atoms with E-state index in [0.29, 0.717) is 17.9 Å². The van der Waals surface area contributed by atoms with E-state index in [-0.39, 0.29) is 5.91 Å². The van der Waals surface area contributed by atoms with E-state index in [9.17, 15) is 9.59 Å². The largest absolute Gasteiger partial charge is 0.478 e. The van der Waals surface area contributed by atoms with Crippen molar-refractivity contribution >= 4 is 11.9 Å². The minimum absolute atomic E-state index is 0.197. The van der Waals surface area contributed by atoms with Crippen molar-refractivity contribution in [3.63, 3.8) is 0 Å². The van der Waals surface area contributed by atoms with Crippen molar-refractivity contribution in [2.45, 2.75) is 31.6 Å². The number of rotatable bonds is 6. The topological polar surface area (TPSA) is 86.3 Å². The van der Waals surface area contributed by atoms with Gasteiger partial charge in [0.15, 0.2) is 0 Å². The van der Waals surface area contributed by atoms with Gasteiger partial charge in [0.2, 0.25) is 5.91 Å². The molecule has 3 rings (SSSR count). The van der Waals surface area contributed by atoms with E-state index in [1.165, 1.54) is 0 Å². The number of carboxylic acid groups (broad SMARTS) is 1. The average Bonchev–Trinajstić information content (AvgIpc) is 3.26. The lowest BCUT2D eigenvalue weighted by Gasteiger charge is -2.16. The predicted octanol–water partition coefficient (Wildman–Crippen LogP) is 2.45. The summed E-state index contributed by atoms with van der Waals surface area (Å²) in [5.74, 6) is -0.420. The van der Waals surface area contributed by atoms with E-state index in [1.54, 1.807) is 18.3 Å². The van der Waals surface area contributed by atoms with E-state index in [1.807, 2.05) is 23.2 Å². The molecule has 1 aliphatic heterocycles. The van der Waals surface area contributed by atoms with Crippen molar-refractivity contribution in [3.05, 3.63) is 53.3 Å². The Morgan fingerprint density at radius 3 is 2.75 bits per heavy atom. The Morgan fingerprint density at radius 2 is 2.08 bits per heavy atom. The lowest BCUT2D eigenvalue weighted by Crippen LogP contribution is -2.28. The molecule has 24 heavy (non-hydrogen) atoms. The van der Waals surface area contributed by atoms with E-state index >= 15 is 0 Å². The van der Waals surface area contributed by atoms with Crippen LogP contribution in [0.3, 0.4) is 0 Å². The standard InChI is InChI=1S/C18H21N3O3/c22-17(3-1-2-13-10-19-20-11-13)21-9-8-16(12-21)14-4-6-15(7-5-14)18(23)24/h4-7,10-11,16H,1-3,8-9,12H2,(H,19,20)(H,23,24)/t16-/m0/s1. The molecule has 0 spiro atoms. The molecule has 0 aliphatic carbocycles. The highest BCUT2D eigenvalue weighted by Gasteiger charge is 2.27. The number of hydrogen-bond acceptors (Lipinski definition) is 3. The highest BCUT2D eigenvalue weighted by molar-refractivity contribution is 5.87. The van der Waals surface area contributed by atoms with Gasteiger partial charge in [-0.25, -0.2) is 4.79 Å². The number of aromatic carboxylic acids is 1. The van der Waals surface area contributed by atoms with Crippen molar-refractivity contribution in [2.75, 3.05) is 13.1 Å². The van der Waals surface area contributed by atoms with Crippen LogP contribution in [0.5, 0.6) is 0 Å². The first-order valence-corrected chi connectivity index (χ1v) is 8.22. The van der Waals surface area contributed by atoms with Crippen LogP contribution >= 0.6 is 0 Å². The van der Waals surface area contributed by atoms with Gasteiger partial charge in [-0.3, -0.25) is 9.89 Å². The lowest BCUT2D eigenvalue weighted by molar-refractivity contribution is -0.130. The smallest absolute Gasteiger partial charge is 0.335 e. The molecule has 6 nitrogen and oxygen atoms in total. The summed E-state index contributed by atoms with van der Waals surface area (Å²) >= 11 is 0. The minimum atomic E-state index is -0.914. The molecule has 6 heteroatoms. The molecule has 0 bridgehead atoms. The second-order valence-corrected chi connectivity index (χ2v) is 6.21. The van der Waals surface area contributed by atoms with Crippen molar-refractivity contribution < 1.29 is 14.7 Å². The van der Waals surface area contributed by atoms with Crippen molar-refractivity contribution in [2.24, 2.45) is 0 Å². The number of aromatic amines is 1.